The molecule has 1 aromatic carbocycles. The maximum Gasteiger partial charge on any atom is 0.278 e. The number of aromatic nitrogens is 2. The van der Waals surface area contributed by atoms with Crippen molar-refractivity contribution in [3.05, 3.63) is 47.5 Å². The Kier molecular flexibility index (Phi) is 2.88. The minimum absolute atomic E-state index is 0.261. The molecule has 1 aromatic heterocycles. The maximum atomic E-state index is 12.8. The van der Waals surface area contributed by atoms with Crippen molar-refractivity contribution in [3.8, 4) is 5.69 Å². The van der Waals surface area contributed by atoms with E-state index in [-0.39, 0.29) is 11.4 Å². The topological polar surface area (TPSA) is 67.2 Å². The van der Waals surface area contributed by atoms with E-state index in [9.17, 15) is 9.18 Å². The maximum absolute atomic E-state index is 12.8. The minimum atomic E-state index is -0.629. The second kappa shape index (κ2) is 4.34. The molecule has 0 saturated carbocycles. The highest BCUT2D eigenvalue weighted by atomic mass is 19.1. The number of nitrogens with zero attached hydrogens (tertiary/aromatic N) is 2. The third-order valence-electron chi connectivity index (χ3n) is 2.43. The smallest absolute Gasteiger partial charge is 0.278 e. The van der Waals surface area contributed by atoms with Crippen LogP contribution in [0.25, 0.3) is 5.69 Å². The molecule has 0 aliphatic heterocycles. The summed E-state index contributed by atoms with van der Waals surface area (Å²) in [6.45, 7) is 1.68. The zero-order valence-electron chi connectivity index (χ0n) is 9.01. The Morgan fingerprint density at radius 1 is 1.41 bits per heavy atom. The number of rotatable bonds is 2. The van der Waals surface area contributed by atoms with E-state index in [1.807, 2.05) is 0 Å². The molecular formula is C11H10FN3O2. The van der Waals surface area contributed by atoms with E-state index in [1.165, 1.54) is 23.0 Å². The molecule has 17 heavy (non-hydrogen) atoms. The van der Waals surface area contributed by atoms with Crippen LogP contribution in [-0.4, -0.2) is 20.9 Å². The summed E-state index contributed by atoms with van der Waals surface area (Å²) in [4.78, 5) is 11.3. The van der Waals surface area contributed by atoms with Crippen LogP contribution >= 0.6 is 0 Å². The first-order valence-corrected chi connectivity index (χ1v) is 4.88. The number of hydrogen-bond acceptors (Lipinski definition) is 3. The van der Waals surface area contributed by atoms with Gasteiger partial charge in [-0.05, 0) is 31.2 Å². The molecule has 5 nitrogen and oxygen atoms in total. The average Bonchev–Trinajstić information content (AvgIpc) is 2.71. The van der Waals surface area contributed by atoms with Crippen molar-refractivity contribution >= 4 is 5.91 Å². The Labute approximate surface area is 96.5 Å². The second-order valence-electron chi connectivity index (χ2n) is 3.47. The lowest BCUT2D eigenvalue weighted by molar-refractivity contribution is 0.0705. The minimum Gasteiger partial charge on any atom is -0.288 e. The van der Waals surface area contributed by atoms with Crippen LogP contribution in [0.2, 0.25) is 0 Å². The molecule has 0 spiro atoms. The number of carbonyl (C=O) groups excluding carboxylic acids is 1. The van der Waals surface area contributed by atoms with Crippen LogP contribution in [0.15, 0.2) is 30.5 Å². The number of hydroxylamine groups is 1. The number of carbonyl (C=O) groups is 1. The number of benzene rings is 1. The van der Waals surface area contributed by atoms with E-state index >= 15 is 0 Å². The van der Waals surface area contributed by atoms with Crippen molar-refractivity contribution in [1.82, 2.24) is 15.3 Å². The largest absolute Gasteiger partial charge is 0.288 e. The predicted molar refractivity (Wildman–Crippen MR) is 57.5 cm³/mol. The lowest BCUT2D eigenvalue weighted by Gasteiger charge is -2.04. The molecule has 1 amide bonds. The highest BCUT2D eigenvalue weighted by molar-refractivity contribution is 5.94. The van der Waals surface area contributed by atoms with E-state index in [4.69, 9.17) is 5.21 Å². The van der Waals surface area contributed by atoms with Crippen LogP contribution in [0.4, 0.5) is 4.39 Å². The molecule has 2 N–H and O–H groups in total. The summed E-state index contributed by atoms with van der Waals surface area (Å²) in [5.41, 5.74) is 3.00. The molecule has 88 valence electrons. The number of amides is 1. The predicted octanol–water partition coefficient (Wildman–Crippen LogP) is 1.44. The van der Waals surface area contributed by atoms with Crippen LogP contribution in [0.5, 0.6) is 0 Å². The number of hydrogen-bond donors (Lipinski definition) is 2. The number of nitrogens with one attached hydrogen (secondary N) is 1. The van der Waals surface area contributed by atoms with Gasteiger partial charge in [-0.1, -0.05) is 0 Å². The highest BCUT2D eigenvalue weighted by Crippen LogP contribution is 2.14. The molecule has 2 rings (SSSR count). The third kappa shape index (κ3) is 2.02. The van der Waals surface area contributed by atoms with Gasteiger partial charge in [0.1, 0.15) is 5.82 Å². The van der Waals surface area contributed by atoms with Gasteiger partial charge in [-0.25, -0.2) is 14.6 Å². The van der Waals surface area contributed by atoms with E-state index in [0.29, 0.717) is 11.4 Å². The van der Waals surface area contributed by atoms with Crippen LogP contribution < -0.4 is 5.48 Å². The van der Waals surface area contributed by atoms with Crippen molar-refractivity contribution in [1.29, 1.82) is 0 Å². The third-order valence-corrected chi connectivity index (χ3v) is 2.43. The first-order chi connectivity index (χ1) is 8.13. The van der Waals surface area contributed by atoms with E-state index in [2.05, 4.69) is 5.10 Å². The summed E-state index contributed by atoms with van der Waals surface area (Å²) in [6, 6.07) is 5.72. The Hall–Kier alpha value is -2.21. The molecule has 0 unspecified atom stereocenters. The van der Waals surface area contributed by atoms with Gasteiger partial charge < -0.3 is 0 Å². The summed E-state index contributed by atoms with van der Waals surface area (Å²) in [7, 11) is 0. The quantitative estimate of drug-likeness (QED) is 0.611. The van der Waals surface area contributed by atoms with Gasteiger partial charge >= 0.3 is 0 Å². The molecule has 6 heteroatoms. The lowest BCUT2D eigenvalue weighted by atomic mass is 10.2. The Morgan fingerprint density at radius 2 is 2.06 bits per heavy atom. The fraction of sp³-hybridized carbons (Fsp3) is 0.0909. The second-order valence-corrected chi connectivity index (χ2v) is 3.47. The van der Waals surface area contributed by atoms with Crippen molar-refractivity contribution in [2.45, 2.75) is 6.92 Å². The lowest BCUT2D eigenvalue weighted by Crippen LogP contribution is -2.19. The zero-order chi connectivity index (χ0) is 12.4. The van der Waals surface area contributed by atoms with Crippen molar-refractivity contribution in [3.63, 3.8) is 0 Å². The fourth-order valence-corrected chi connectivity index (χ4v) is 1.54. The Balaban J connectivity index is 2.44. The van der Waals surface area contributed by atoms with Crippen LogP contribution in [0.1, 0.15) is 16.1 Å². The Bertz CT molecular complexity index is 548. The molecule has 0 fully saturated rings. The summed E-state index contributed by atoms with van der Waals surface area (Å²) >= 11 is 0. The SMILES string of the molecule is Cc1c(C(=O)NO)cnn1-c1ccc(F)cc1. The molecular weight excluding hydrogens is 225 g/mol. The molecule has 2 aromatic rings. The molecule has 0 aliphatic carbocycles. The van der Waals surface area contributed by atoms with Gasteiger partial charge in [0.15, 0.2) is 0 Å². The van der Waals surface area contributed by atoms with Gasteiger partial charge in [-0.3, -0.25) is 10.0 Å². The van der Waals surface area contributed by atoms with Gasteiger partial charge in [0.25, 0.3) is 5.91 Å². The Morgan fingerprint density at radius 3 is 2.65 bits per heavy atom. The fourth-order valence-electron chi connectivity index (χ4n) is 1.54. The molecule has 0 radical (unpaired) electrons. The van der Waals surface area contributed by atoms with E-state index in [0.717, 1.165) is 0 Å². The normalized spacial score (nSPS) is 10.3. The summed E-state index contributed by atoms with van der Waals surface area (Å²) in [5, 5.41) is 12.5. The van der Waals surface area contributed by atoms with Gasteiger partial charge in [0.2, 0.25) is 0 Å². The highest BCUT2D eigenvalue weighted by Gasteiger charge is 2.14. The van der Waals surface area contributed by atoms with E-state index < -0.39 is 5.91 Å². The van der Waals surface area contributed by atoms with E-state index in [1.54, 1.807) is 24.5 Å². The number of halogens is 1. The molecule has 0 atom stereocenters. The van der Waals surface area contributed by atoms with Crippen molar-refractivity contribution < 1.29 is 14.4 Å². The van der Waals surface area contributed by atoms with Crippen LogP contribution in [-0.2, 0) is 0 Å². The van der Waals surface area contributed by atoms with Crippen LogP contribution in [0.3, 0.4) is 0 Å². The first-order valence-electron chi connectivity index (χ1n) is 4.88. The summed E-state index contributed by atoms with van der Waals surface area (Å²) in [6.07, 6.45) is 1.34. The van der Waals surface area contributed by atoms with Crippen molar-refractivity contribution in [2.24, 2.45) is 0 Å². The molecule has 0 saturated heterocycles. The standard InChI is InChI=1S/C11H10FN3O2/c1-7-10(11(16)14-17)6-13-15(7)9-4-2-8(12)3-5-9/h2-6,17H,1H3,(H,14,16). The zero-order valence-corrected chi connectivity index (χ0v) is 9.01. The van der Waals surface area contributed by atoms with Gasteiger partial charge in [0, 0.05) is 0 Å². The summed E-state index contributed by atoms with van der Waals surface area (Å²) in [5.74, 6) is -0.970. The molecule has 1 heterocycles. The monoisotopic (exact) mass is 235 g/mol. The summed E-state index contributed by atoms with van der Waals surface area (Å²) < 4.78 is 14.3. The molecule has 0 bridgehead atoms. The van der Waals surface area contributed by atoms with Gasteiger partial charge in [-0.2, -0.15) is 5.10 Å². The van der Waals surface area contributed by atoms with Crippen LogP contribution in [0, 0.1) is 12.7 Å². The average molecular weight is 235 g/mol. The van der Waals surface area contributed by atoms with Gasteiger partial charge in [-0.15, -0.1) is 0 Å². The molecule has 0 aliphatic rings. The van der Waals surface area contributed by atoms with Crippen molar-refractivity contribution in [2.75, 3.05) is 0 Å². The van der Waals surface area contributed by atoms with Gasteiger partial charge in [0.05, 0.1) is 23.1 Å². The first kappa shape index (κ1) is 11.3.